The number of rotatable bonds is 4. The van der Waals surface area contributed by atoms with E-state index in [-0.39, 0.29) is 0 Å². The van der Waals surface area contributed by atoms with Gasteiger partial charge in [0.25, 0.3) is 0 Å². The first-order chi connectivity index (χ1) is 16.8. The SMILES string of the molecule is C1=C(c2ccccc2)O[B-](c2ccccc2)(c2ccccc2)[n+]2cc(-c3ccccc3)ccc21. The number of fused-ring (bicyclic) bond motifs is 1. The number of hydrogen-bond donors (Lipinski definition) is 0. The lowest BCUT2D eigenvalue weighted by Crippen LogP contribution is -2.81. The monoisotopic (exact) mass is 437 g/mol. The molecule has 1 aromatic heterocycles. The van der Waals surface area contributed by atoms with Gasteiger partial charge < -0.3 is 9.13 Å². The Morgan fingerprint density at radius 1 is 0.471 bits per heavy atom. The summed E-state index contributed by atoms with van der Waals surface area (Å²) in [6.45, 7) is -1.78. The first-order valence-electron chi connectivity index (χ1n) is 11.7. The van der Waals surface area contributed by atoms with Crippen molar-refractivity contribution in [3.8, 4) is 11.1 Å². The summed E-state index contributed by atoms with van der Waals surface area (Å²) in [7, 11) is 0. The van der Waals surface area contributed by atoms with Crippen LogP contribution >= 0.6 is 0 Å². The van der Waals surface area contributed by atoms with Gasteiger partial charge in [0.2, 0.25) is 0 Å². The number of benzene rings is 4. The maximum Gasteiger partial charge on any atom is 0.513 e. The fourth-order valence-corrected chi connectivity index (χ4v) is 5.01. The molecule has 0 unspecified atom stereocenters. The smallest absolute Gasteiger partial charge is 0.513 e. The van der Waals surface area contributed by atoms with E-state index in [1.165, 1.54) is 5.56 Å². The van der Waals surface area contributed by atoms with Crippen LogP contribution in [0.2, 0.25) is 0 Å². The minimum absolute atomic E-state index is 0.876. The molecule has 0 amide bonds. The lowest BCUT2D eigenvalue weighted by molar-refractivity contribution is -0.556. The summed E-state index contributed by atoms with van der Waals surface area (Å²) in [5.41, 5.74) is 6.78. The second kappa shape index (κ2) is 8.53. The van der Waals surface area contributed by atoms with Gasteiger partial charge in [0.1, 0.15) is 6.20 Å². The van der Waals surface area contributed by atoms with Gasteiger partial charge in [-0.3, -0.25) is 0 Å². The van der Waals surface area contributed by atoms with E-state index in [1.54, 1.807) is 0 Å². The molecule has 162 valence electrons. The summed E-state index contributed by atoms with van der Waals surface area (Å²) >= 11 is 0. The van der Waals surface area contributed by atoms with Crippen LogP contribution in [-0.4, -0.2) is 6.48 Å². The Morgan fingerprint density at radius 2 is 0.971 bits per heavy atom. The molecule has 4 aromatic carbocycles. The molecule has 34 heavy (non-hydrogen) atoms. The molecule has 0 spiro atoms. The van der Waals surface area contributed by atoms with Crippen molar-refractivity contribution in [3.63, 3.8) is 0 Å². The molecule has 0 bridgehead atoms. The van der Waals surface area contributed by atoms with Gasteiger partial charge in [-0.25, -0.2) is 0 Å². The lowest BCUT2D eigenvalue weighted by Gasteiger charge is -2.41. The van der Waals surface area contributed by atoms with Crippen LogP contribution in [0.1, 0.15) is 11.3 Å². The van der Waals surface area contributed by atoms with Crippen LogP contribution < -0.4 is 15.4 Å². The van der Waals surface area contributed by atoms with Crippen LogP contribution in [0.15, 0.2) is 140 Å². The van der Waals surface area contributed by atoms with Gasteiger partial charge in [-0.15, -0.1) is 0 Å². The van der Waals surface area contributed by atoms with Crippen molar-refractivity contribution in [3.05, 3.63) is 151 Å². The van der Waals surface area contributed by atoms with E-state index in [2.05, 4.69) is 144 Å². The van der Waals surface area contributed by atoms with E-state index < -0.39 is 6.48 Å². The minimum Gasteiger partial charge on any atom is -0.651 e. The first-order valence-corrected chi connectivity index (χ1v) is 11.7. The van der Waals surface area contributed by atoms with E-state index in [0.717, 1.165) is 33.5 Å². The van der Waals surface area contributed by atoms with Crippen molar-refractivity contribution in [1.29, 1.82) is 0 Å². The van der Waals surface area contributed by atoms with E-state index in [0.29, 0.717) is 0 Å². The number of aromatic nitrogens is 1. The van der Waals surface area contributed by atoms with Gasteiger partial charge in [0.05, 0.1) is 5.76 Å². The highest BCUT2D eigenvalue weighted by atomic mass is 16.5. The normalized spacial score (nSPS) is 13.9. The third-order valence-electron chi connectivity index (χ3n) is 6.65. The Balaban J connectivity index is 1.67. The van der Waals surface area contributed by atoms with E-state index in [1.807, 2.05) is 6.07 Å². The van der Waals surface area contributed by atoms with Crippen molar-refractivity contribution in [2.24, 2.45) is 0 Å². The van der Waals surface area contributed by atoms with Gasteiger partial charge in [0, 0.05) is 23.3 Å². The Hall–Kier alpha value is -4.37. The molecule has 2 heterocycles. The van der Waals surface area contributed by atoms with Crippen molar-refractivity contribution >= 4 is 29.2 Å². The van der Waals surface area contributed by atoms with Gasteiger partial charge in [-0.2, -0.15) is 0 Å². The maximum atomic E-state index is 7.14. The Morgan fingerprint density at radius 3 is 1.53 bits per heavy atom. The van der Waals surface area contributed by atoms with Crippen LogP contribution in [0.5, 0.6) is 0 Å². The molecule has 6 rings (SSSR count). The summed E-state index contributed by atoms with van der Waals surface area (Å²) < 4.78 is 9.47. The van der Waals surface area contributed by atoms with Gasteiger partial charge in [-0.05, 0) is 11.6 Å². The topological polar surface area (TPSA) is 13.1 Å². The summed E-state index contributed by atoms with van der Waals surface area (Å²) in [6.07, 6.45) is 4.39. The van der Waals surface area contributed by atoms with Gasteiger partial charge >= 0.3 is 6.48 Å². The van der Waals surface area contributed by atoms with Gasteiger partial charge in [0.15, 0.2) is 5.69 Å². The number of pyridine rings is 1. The molecular formula is C31H24BNO. The molecule has 3 heteroatoms. The molecule has 0 atom stereocenters. The second-order valence-electron chi connectivity index (χ2n) is 8.67. The molecule has 2 nitrogen and oxygen atoms in total. The highest BCUT2D eigenvalue weighted by molar-refractivity contribution is 6.91. The zero-order valence-electron chi connectivity index (χ0n) is 18.8. The lowest BCUT2D eigenvalue weighted by atomic mass is 9.40. The predicted octanol–water partition coefficient (Wildman–Crippen LogP) is 5.27. The van der Waals surface area contributed by atoms with Crippen LogP contribution in [0.25, 0.3) is 23.0 Å². The minimum atomic E-state index is -1.78. The summed E-state index contributed by atoms with van der Waals surface area (Å²) in [6, 6.07) is 46.4. The fraction of sp³-hybridized carbons (Fsp3) is 0. The molecular weight excluding hydrogens is 413 g/mol. The highest BCUT2D eigenvalue weighted by Crippen LogP contribution is 2.28. The van der Waals surface area contributed by atoms with Gasteiger partial charge in [-0.1, -0.05) is 132 Å². The summed E-state index contributed by atoms with van der Waals surface area (Å²) in [4.78, 5) is 0. The zero-order valence-corrected chi connectivity index (χ0v) is 18.8. The molecule has 1 aliphatic heterocycles. The van der Waals surface area contributed by atoms with Crippen LogP contribution in [0, 0.1) is 0 Å². The molecule has 0 N–H and O–H groups in total. The third-order valence-corrected chi connectivity index (χ3v) is 6.65. The summed E-state index contributed by atoms with van der Waals surface area (Å²) in [5.74, 6) is 0.876. The molecule has 0 saturated heterocycles. The fourth-order valence-electron chi connectivity index (χ4n) is 5.01. The highest BCUT2D eigenvalue weighted by Gasteiger charge is 2.48. The average molecular weight is 437 g/mol. The van der Waals surface area contributed by atoms with Crippen molar-refractivity contribution in [1.82, 2.24) is 0 Å². The molecule has 0 fully saturated rings. The predicted molar refractivity (Wildman–Crippen MR) is 141 cm³/mol. The maximum absolute atomic E-state index is 7.14. The average Bonchev–Trinajstić information content (AvgIpc) is 2.94. The van der Waals surface area contributed by atoms with Crippen molar-refractivity contribution in [2.45, 2.75) is 0 Å². The molecule has 0 radical (unpaired) electrons. The van der Waals surface area contributed by atoms with Crippen molar-refractivity contribution in [2.75, 3.05) is 0 Å². The summed E-state index contributed by atoms with van der Waals surface area (Å²) in [5, 5.41) is 0. The zero-order chi connectivity index (χ0) is 22.8. The second-order valence-corrected chi connectivity index (χ2v) is 8.67. The molecule has 5 aromatic rings. The Bertz CT molecular complexity index is 1410. The van der Waals surface area contributed by atoms with Crippen LogP contribution in [0.3, 0.4) is 0 Å². The molecule has 0 saturated carbocycles. The van der Waals surface area contributed by atoms with Crippen LogP contribution in [0.4, 0.5) is 0 Å². The molecule has 1 aliphatic rings. The standard InChI is InChI=1S/C31H24BNO/c1-5-13-25(14-6-1)27-21-22-30-23-31(26-15-7-2-8-16-26)34-32(33(30)24-27,28-17-9-3-10-18-28)29-19-11-4-12-20-29/h1-24H. The number of hydrogen-bond acceptors (Lipinski definition) is 1. The van der Waals surface area contributed by atoms with Crippen molar-refractivity contribution < 1.29 is 9.13 Å². The Labute approximate surface area is 200 Å². The van der Waals surface area contributed by atoms with E-state index in [9.17, 15) is 0 Å². The van der Waals surface area contributed by atoms with Crippen LogP contribution in [-0.2, 0) is 4.65 Å². The quantitative estimate of drug-likeness (QED) is 0.349. The number of nitrogens with zero attached hydrogens (tertiary/aromatic N) is 1. The largest absolute Gasteiger partial charge is 0.651 e. The Kier molecular flexibility index (Phi) is 5.08. The van der Waals surface area contributed by atoms with E-state index in [4.69, 9.17) is 4.65 Å². The molecule has 0 aliphatic carbocycles. The van der Waals surface area contributed by atoms with E-state index >= 15 is 0 Å². The first kappa shape index (κ1) is 20.3. The third kappa shape index (κ3) is 3.43.